The van der Waals surface area contributed by atoms with Gasteiger partial charge < -0.3 is 19.7 Å². The molecule has 0 saturated carbocycles. The van der Waals surface area contributed by atoms with Crippen molar-refractivity contribution in [2.75, 3.05) is 38.2 Å². The van der Waals surface area contributed by atoms with E-state index in [-0.39, 0.29) is 28.3 Å². The van der Waals surface area contributed by atoms with Gasteiger partial charge in [0.1, 0.15) is 17.2 Å². The molecule has 0 spiro atoms. The summed E-state index contributed by atoms with van der Waals surface area (Å²) in [7, 11) is -4.19. The van der Waals surface area contributed by atoms with Gasteiger partial charge in [-0.2, -0.15) is 0 Å². The highest BCUT2D eigenvalue weighted by Crippen LogP contribution is 2.38. The van der Waals surface area contributed by atoms with Crippen molar-refractivity contribution in [3.8, 4) is 11.1 Å². The number of nitrogens with zero attached hydrogens (tertiary/aromatic N) is 3. The molecule has 12 heteroatoms. The lowest BCUT2D eigenvalue weighted by Gasteiger charge is -2.29. The highest BCUT2D eigenvalue weighted by atomic mass is 32.2. The third kappa shape index (κ3) is 6.95. The van der Waals surface area contributed by atoms with Crippen LogP contribution in [-0.4, -0.2) is 66.8 Å². The van der Waals surface area contributed by atoms with Gasteiger partial charge in [0, 0.05) is 56.1 Å². The SMILES string of the molecule is Cc1ccc(S(=O)(=O)n2c(C3=CCN(C(=O)OC(C)(C)C)CC3)cc3c(-c4cc(NCC5CCOCC5)c(F)cc4F)ccnc32)cc1. The molecule has 2 aliphatic heterocycles. The fourth-order valence-corrected chi connectivity index (χ4v) is 7.58. The zero-order valence-electron chi connectivity index (χ0n) is 27.6. The second-order valence-electron chi connectivity index (χ2n) is 13.4. The van der Waals surface area contributed by atoms with Crippen LogP contribution in [0.1, 0.15) is 51.3 Å². The quantitative estimate of drug-likeness (QED) is 0.218. The van der Waals surface area contributed by atoms with Crippen molar-refractivity contribution in [2.24, 2.45) is 5.92 Å². The van der Waals surface area contributed by atoms with E-state index >= 15 is 8.78 Å². The third-order valence-corrected chi connectivity index (χ3v) is 10.4. The number of pyridine rings is 1. The number of fused-ring (bicyclic) bond motifs is 1. The number of carbonyl (C=O) groups excluding carboxylic acids is 1. The Kier molecular flexibility index (Phi) is 9.32. The predicted octanol–water partition coefficient (Wildman–Crippen LogP) is 7.39. The number of aryl methyl sites for hydroxylation is 1. The van der Waals surface area contributed by atoms with E-state index in [1.165, 1.54) is 16.2 Å². The van der Waals surface area contributed by atoms with Crippen LogP contribution in [-0.2, 0) is 19.5 Å². The van der Waals surface area contributed by atoms with Crippen molar-refractivity contribution in [3.05, 3.63) is 83.7 Å². The molecule has 1 amide bonds. The molecule has 0 radical (unpaired) electrons. The molecule has 2 aromatic carbocycles. The maximum Gasteiger partial charge on any atom is 0.410 e. The number of nitrogens with one attached hydrogen (secondary N) is 1. The summed E-state index contributed by atoms with van der Waals surface area (Å²) in [6.45, 7) is 9.60. The van der Waals surface area contributed by atoms with Crippen molar-refractivity contribution in [1.29, 1.82) is 0 Å². The van der Waals surface area contributed by atoms with Gasteiger partial charge >= 0.3 is 6.09 Å². The third-order valence-electron chi connectivity index (χ3n) is 8.68. The Morgan fingerprint density at radius 2 is 1.77 bits per heavy atom. The number of rotatable bonds is 7. The molecule has 9 nitrogen and oxygen atoms in total. The lowest BCUT2D eigenvalue weighted by Crippen LogP contribution is -2.39. The van der Waals surface area contributed by atoms with Gasteiger partial charge in [-0.1, -0.05) is 23.8 Å². The number of amides is 1. The van der Waals surface area contributed by atoms with Gasteiger partial charge in [-0.25, -0.2) is 30.9 Å². The molecule has 6 rings (SSSR count). The molecular formula is C36H40F2N4O5S. The Morgan fingerprint density at radius 1 is 1.04 bits per heavy atom. The molecule has 1 fully saturated rings. The first-order valence-electron chi connectivity index (χ1n) is 16.1. The fourth-order valence-electron chi connectivity index (χ4n) is 6.08. The van der Waals surface area contributed by atoms with E-state index in [4.69, 9.17) is 9.47 Å². The van der Waals surface area contributed by atoms with Gasteiger partial charge in [-0.05, 0) is 94.3 Å². The highest BCUT2D eigenvalue weighted by molar-refractivity contribution is 7.90. The molecule has 48 heavy (non-hydrogen) atoms. The zero-order valence-corrected chi connectivity index (χ0v) is 28.4. The molecule has 4 heterocycles. The summed E-state index contributed by atoms with van der Waals surface area (Å²) in [4.78, 5) is 18.9. The van der Waals surface area contributed by atoms with Crippen molar-refractivity contribution in [1.82, 2.24) is 13.9 Å². The van der Waals surface area contributed by atoms with Crippen LogP contribution in [0.3, 0.4) is 0 Å². The minimum atomic E-state index is -4.19. The standard InChI is InChI=1S/C36H40F2N4O5S/c1-23-5-7-26(8-6-23)48(44,45)42-33(25-10-15-41(16-11-25)35(43)47-36(2,3)4)20-29-27(9-14-39-34(29)42)28-19-32(31(38)21-30(28)37)40-22-24-12-17-46-18-13-24/h5-10,14,19-21,24,40H,11-13,15-18,22H2,1-4H3. The molecule has 2 aromatic heterocycles. The fraction of sp³-hybridized carbons (Fsp3) is 0.389. The second-order valence-corrected chi connectivity index (χ2v) is 15.1. The molecule has 0 aliphatic carbocycles. The maximum absolute atomic E-state index is 15.6. The topological polar surface area (TPSA) is 103 Å². The molecule has 1 saturated heterocycles. The van der Waals surface area contributed by atoms with E-state index in [2.05, 4.69) is 10.3 Å². The Hall–Kier alpha value is -4.29. The van der Waals surface area contributed by atoms with Crippen LogP contribution in [0.2, 0.25) is 0 Å². The Morgan fingerprint density at radius 3 is 2.44 bits per heavy atom. The van der Waals surface area contributed by atoms with Crippen LogP contribution in [0.5, 0.6) is 0 Å². The lowest BCUT2D eigenvalue weighted by molar-refractivity contribution is 0.0270. The first-order valence-corrected chi connectivity index (χ1v) is 17.6. The second kappa shape index (κ2) is 13.3. The molecule has 1 N–H and O–H groups in total. The van der Waals surface area contributed by atoms with Gasteiger partial charge in [-0.15, -0.1) is 0 Å². The smallest absolute Gasteiger partial charge is 0.410 e. The monoisotopic (exact) mass is 678 g/mol. The van der Waals surface area contributed by atoms with Crippen LogP contribution in [0.15, 0.2) is 65.7 Å². The molecule has 0 bridgehead atoms. The summed E-state index contributed by atoms with van der Waals surface area (Å²) < 4.78 is 71.4. The van der Waals surface area contributed by atoms with Crippen molar-refractivity contribution in [2.45, 2.75) is 57.5 Å². The van der Waals surface area contributed by atoms with Gasteiger partial charge in [0.25, 0.3) is 10.0 Å². The van der Waals surface area contributed by atoms with E-state index in [0.29, 0.717) is 60.9 Å². The van der Waals surface area contributed by atoms with Gasteiger partial charge in [0.05, 0.1) is 16.3 Å². The maximum atomic E-state index is 15.6. The van der Waals surface area contributed by atoms with Crippen LogP contribution >= 0.6 is 0 Å². The predicted molar refractivity (Wildman–Crippen MR) is 181 cm³/mol. The van der Waals surface area contributed by atoms with Crippen LogP contribution < -0.4 is 5.32 Å². The number of hydrogen-bond donors (Lipinski definition) is 1. The largest absolute Gasteiger partial charge is 0.444 e. The number of hydrogen-bond acceptors (Lipinski definition) is 7. The van der Waals surface area contributed by atoms with Crippen molar-refractivity contribution >= 4 is 38.4 Å². The molecule has 254 valence electrons. The number of anilines is 1. The Bertz CT molecular complexity index is 1980. The van der Waals surface area contributed by atoms with Crippen LogP contribution in [0, 0.1) is 24.5 Å². The van der Waals surface area contributed by atoms with E-state index in [1.54, 1.807) is 68.1 Å². The van der Waals surface area contributed by atoms with E-state index in [9.17, 15) is 13.2 Å². The summed E-state index contributed by atoms with van der Waals surface area (Å²) in [6.07, 6.45) is 4.83. The molecule has 4 aromatic rings. The number of aromatic nitrogens is 2. The van der Waals surface area contributed by atoms with Crippen LogP contribution in [0.4, 0.5) is 19.3 Å². The van der Waals surface area contributed by atoms with E-state index in [1.807, 2.05) is 6.92 Å². The van der Waals surface area contributed by atoms with Crippen molar-refractivity contribution < 1.29 is 31.5 Å². The normalized spacial score (nSPS) is 16.2. The molecule has 0 unspecified atom stereocenters. The minimum Gasteiger partial charge on any atom is -0.444 e. The molecule has 0 atom stereocenters. The van der Waals surface area contributed by atoms with E-state index in [0.717, 1.165) is 24.5 Å². The summed E-state index contributed by atoms with van der Waals surface area (Å²) in [5.41, 5.74) is 2.04. The highest BCUT2D eigenvalue weighted by Gasteiger charge is 2.30. The number of benzene rings is 2. The zero-order chi connectivity index (χ0) is 34.2. The molecular weight excluding hydrogens is 638 g/mol. The first-order chi connectivity index (χ1) is 22.8. The Balaban J connectivity index is 1.45. The number of halogens is 2. The van der Waals surface area contributed by atoms with Gasteiger partial charge in [-0.3, -0.25) is 0 Å². The van der Waals surface area contributed by atoms with Gasteiger partial charge in [0.2, 0.25) is 0 Å². The van der Waals surface area contributed by atoms with E-state index < -0.39 is 33.4 Å². The van der Waals surface area contributed by atoms with Crippen molar-refractivity contribution in [3.63, 3.8) is 0 Å². The average Bonchev–Trinajstić information content (AvgIpc) is 3.45. The molecule has 2 aliphatic rings. The number of ether oxygens (including phenoxy) is 2. The summed E-state index contributed by atoms with van der Waals surface area (Å²) in [5.74, 6) is -1.19. The summed E-state index contributed by atoms with van der Waals surface area (Å²) in [6, 6.07) is 12.1. The first kappa shape index (κ1) is 33.6. The number of carbonyl (C=O) groups is 1. The average molecular weight is 679 g/mol. The van der Waals surface area contributed by atoms with Gasteiger partial charge in [0.15, 0.2) is 5.65 Å². The summed E-state index contributed by atoms with van der Waals surface area (Å²) in [5, 5.41) is 3.54. The minimum absolute atomic E-state index is 0.0680. The summed E-state index contributed by atoms with van der Waals surface area (Å²) >= 11 is 0. The Labute approximate surface area is 279 Å². The lowest BCUT2D eigenvalue weighted by atomic mass is 9.99. The van der Waals surface area contributed by atoms with Crippen LogP contribution in [0.25, 0.3) is 27.7 Å².